The summed E-state index contributed by atoms with van der Waals surface area (Å²) in [5, 5.41) is 0.588. The van der Waals surface area contributed by atoms with Gasteiger partial charge in [-0.2, -0.15) is 0 Å². The SMILES string of the molecule is CCOC(=O)C1(c2ccccc2)CCN(C(=S)SCc2ccc3nc(C)[nH]c(=O)c3c2)CC1. The van der Waals surface area contributed by atoms with E-state index in [9.17, 15) is 9.59 Å². The zero-order chi connectivity index (χ0) is 23.4. The molecule has 8 heteroatoms. The van der Waals surface area contributed by atoms with Crippen molar-refractivity contribution in [2.24, 2.45) is 0 Å². The molecule has 0 spiro atoms. The predicted octanol–water partition coefficient (Wildman–Crippen LogP) is 4.35. The number of carbonyl (C=O) groups is 1. The number of nitrogens with one attached hydrogen (secondary N) is 1. The van der Waals surface area contributed by atoms with Crippen LogP contribution in [0.25, 0.3) is 10.9 Å². The second-order valence-corrected chi connectivity index (χ2v) is 9.82. The first kappa shape index (κ1) is 23.4. The standard InChI is InChI=1S/C25H27N3O3S2/c1-3-31-23(30)25(19-7-5-4-6-8-19)11-13-28(14-12-25)24(32)33-16-18-9-10-21-20(15-18)22(29)27-17(2)26-21/h4-10,15H,3,11-14,16H2,1-2H3,(H,26,27,29). The van der Waals surface area contributed by atoms with Crippen LogP contribution in [0.3, 0.4) is 0 Å². The fraction of sp³-hybridized carbons (Fsp3) is 0.360. The minimum Gasteiger partial charge on any atom is -0.465 e. The molecule has 1 aliphatic rings. The largest absolute Gasteiger partial charge is 0.465 e. The highest BCUT2D eigenvalue weighted by Gasteiger charge is 2.44. The number of fused-ring (bicyclic) bond motifs is 1. The van der Waals surface area contributed by atoms with Gasteiger partial charge in [-0.25, -0.2) is 4.98 Å². The van der Waals surface area contributed by atoms with Crippen molar-refractivity contribution in [1.82, 2.24) is 14.9 Å². The summed E-state index contributed by atoms with van der Waals surface area (Å²) >= 11 is 7.29. The highest BCUT2D eigenvalue weighted by molar-refractivity contribution is 8.22. The third kappa shape index (κ3) is 4.96. The van der Waals surface area contributed by atoms with Crippen LogP contribution in [0.4, 0.5) is 0 Å². The van der Waals surface area contributed by atoms with Crippen LogP contribution in [0.2, 0.25) is 0 Å². The maximum atomic E-state index is 13.0. The lowest BCUT2D eigenvalue weighted by atomic mass is 9.73. The third-order valence-electron chi connectivity index (χ3n) is 6.12. The molecule has 2 aromatic carbocycles. The number of rotatable bonds is 5. The predicted molar refractivity (Wildman–Crippen MR) is 137 cm³/mol. The molecule has 1 aromatic heterocycles. The van der Waals surface area contributed by atoms with Crippen LogP contribution in [0.1, 0.15) is 36.7 Å². The summed E-state index contributed by atoms with van der Waals surface area (Å²) in [6, 6.07) is 15.7. The van der Waals surface area contributed by atoms with E-state index >= 15 is 0 Å². The lowest BCUT2D eigenvalue weighted by Gasteiger charge is -2.41. The number of piperidine rings is 1. The first-order valence-corrected chi connectivity index (χ1v) is 12.5. The van der Waals surface area contributed by atoms with Gasteiger partial charge in [-0.3, -0.25) is 9.59 Å². The molecule has 4 rings (SSSR count). The fourth-order valence-electron chi connectivity index (χ4n) is 4.34. The van der Waals surface area contributed by atoms with E-state index in [2.05, 4.69) is 14.9 Å². The molecule has 3 aromatic rings. The van der Waals surface area contributed by atoms with Crippen molar-refractivity contribution in [3.63, 3.8) is 0 Å². The van der Waals surface area contributed by atoms with Crippen molar-refractivity contribution in [1.29, 1.82) is 0 Å². The second kappa shape index (κ2) is 10.1. The van der Waals surface area contributed by atoms with Crippen LogP contribution in [0.15, 0.2) is 53.3 Å². The molecule has 0 saturated carbocycles. The first-order chi connectivity index (χ1) is 15.9. The number of nitrogens with zero attached hydrogens (tertiary/aromatic N) is 2. The molecular formula is C25H27N3O3S2. The molecule has 172 valence electrons. The molecule has 0 aliphatic carbocycles. The van der Waals surface area contributed by atoms with E-state index in [1.165, 1.54) is 0 Å². The number of aromatic nitrogens is 2. The van der Waals surface area contributed by atoms with Gasteiger partial charge < -0.3 is 14.6 Å². The Kier molecular flexibility index (Phi) is 7.14. The number of carbonyl (C=O) groups excluding carboxylic acids is 1. The first-order valence-electron chi connectivity index (χ1n) is 11.1. The van der Waals surface area contributed by atoms with Crippen molar-refractivity contribution < 1.29 is 9.53 Å². The summed E-state index contributed by atoms with van der Waals surface area (Å²) in [7, 11) is 0. The van der Waals surface area contributed by atoms with Crippen molar-refractivity contribution in [3.05, 3.63) is 75.8 Å². The number of thiocarbonyl (C=S) groups is 1. The highest BCUT2D eigenvalue weighted by Crippen LogP contribution is 2.38. The Labute approximate surface area is 202 Å². The zero-order valence-electron chi connectivity index (χ0n) is 18.8. The second-order valence-electron chi connectivity index (χ2n) is 8.21. The molecule has 0 radical (unpaired) electrons. The van der Waals surface area contributed by atoms with Gasteiger partial charge in [0.25, 0.3) is 5.56 Å². The third-order valence-corrected chi connectivity index (χ3v) is 7.71. The number of likely N-dealkylation sites (tertiary alicyclic amines) is 1. The van der Waals surface area contributed by atoms with Gasteiger partial charge in [-0.15, -0.1) is 0 Å². The minimum absolute atomic E-state index is 0.126. The van der Waals surface area contributed by atoms with E-state index in [1.807, 2.05) is 55.5 Å². The van der Waals surface area contributed by atoms with Gasteiger partial charge in [0, 0.05) is 18.8 Å². The number of benzene rings is 2. The molecular weight excluding hydrogens is 454 g/mol. The Balaban J connectivity index is 1.42. The van der Waals surface area contributed by atoms with Crippen LogP contribution in [-0.2, 0) is 20.7 Å². The molecule has 1 fully saturated rings. The van der Waals surface area contributed by atoms with E-state index in [4.69, 9.17) is 17.0 Å². The monoisotopic (exact) mass is 481 g/mol. The number of hydrogen-bond acceptors (Lipinski definition) is 6. The summed E-state index contributed by atoms with van der Waals surface area (Å²) in [6.07, 6.45) is 1.32. The molecule has 0 bridgehead atoms. The maximum absolute atomic E-state index is 13.0. The Morgan fingerprint density at radius 1 is 1.21 bits per heavy atom. The average molecular weight is 482 g/mol. The van der Waals surface area contributed by atoms with Gasteiger partial charge in [-0.05, 0) is 49.9 Å². The summed E-state index contributed by atoms with van der Waals surface area (Å²) < 4.78 is 6.27. The molecule has 1 saturated heterocycles. The molecule has 1 N–H and O–H groups in total. The van der Waals surface area contributed by atoms with E-state index in [1.54, 1.807) is 18.7 Å². The zero-order valence-corrected chi connectivity index (χ0v) is 20.4. The average Bonchev–Trinajstić information content (AvgIpc) is 2.83. The van der Waals surface area contributed by atoms with E-state index in [-0.39, 0.29) is 11.5 Å². The quantitative estimate of drug-likeness (QED) is 0.429. The molecule has 0 amide bonds. The minimum atomic E-state index is -0.626. The van der Waals surface area contributed by atoms with Crippen LogP contribution < -0.4 is 5.56 Å². The van der Waals surface area contributed by atoms with Crippen molar-refractivity contribution >= 4 is 45.2 Å². The number of ether oxygens (including phenoxy) is 1. The van der Waals surface area contributed by atoms with Gasteiger partial charge >= 0.3 is 5.97 Å². The Hall–Kier alpha value is -2.71. The van der Waals surface area contributed by atoms with Crippen LogP contribution in [-0.4, -0.2) is 44.9 Å². The maximum Gasteiger partial charge on any atom is 0.316 e. The number of H-pyrrole nitrogens is 1. The number of aromatic amines is 1. The Morgan fingerprint density at radius 3 is 2.64 bits per heavy atom. The smallest absolute Gasteiger partial charge is 0.316 e. The van der Waals surface area contributed by atoms with Crippen LogP contribution >= 0.6 is 24.0 Å². The van der Waals surface area contributed by atoms with Crippen LogP contribution in [0.5, 0.6) is 0 Å². The Bertz CT molecular complexity index is 1220. The Morgan fingerprint density at radius 2 is 1.94 bits per heavy atom. The summed E-state index contributed by atoms with van der Waals surface area (Å²) in [6.45, 7) is 5.38. The van der Waals surface area contributed by atoms with Crippen LogP contribution in [0, 0.1) is 6.92 Å². The van der Waals surface area contributed by atoms with Gasteiger partial charge in [0.05, 0.1) is 22.9 Å². The highest BCUT2D eigenvalue weighted by atomic mass is 32.2. The van der Waals surface area contributed by atoms with Gasteiger partial charge in [0.1, 0.15) is 10.1 Å². The number of thioether (sulfide) groups is 1. The van der Waals surface area contributed by atoms with Gasteiger partial charge in [0.2, 0.25) is 0 Å². The van der Waals surface area contributed by atoms with Crippen molar-refractivity contribution in [2.75, 3.05) is 19.7 Å². The van der Waals surface area contributed by atoms with Crippen molar-refractivity contribution in [3.8, 4) is 0 Å². The molecule has 2 heterocycles. The molecule has 6 nitrogen and oxygen atoms in total. The van der Waals surface area contributed by atoms with E-state index < -0.39 is 5.41 Å². The molecule has 0 unspecified atom stereocenters. The normalized spacial score (nSPS) is 15.4. The topological polar surface area (TPSA) is 75.3 Å². The lowest BCUT2D eigenvalue weighted by molar-refractivity contribution is -0.152. The van der Waals surface area contributed by atoms with E-state index in [0.29, 0.717) is 55.0 Å². The van der Waals surface area contributed by atoms with Gasteiger partial charge in [0.15, 0.2) is 0 Å². The van der Waals surface area contributed by atoms with Gasteiger partial charge in [-0.1, -0.05) is 60.4 Å². The molecule has 1 aliphatic heterocycles. The molecule has 0 atom stereocenters. The van der Waals surface area contributed by atoms with E-state index in [0.717, 1.165) is 15.4 Å². The molecule has 33 heavy (non-hydrogen) atoms. The summed E-state index contributed by atoms with van der Waals surface area (Å²) in [5.74, 6) is 1.12. The number of aryl methyl sites for hydroxylation is 1. The summed E-state index contributed by atoms with van der Waals surface area (Å²) in [4.78, 5) is 34.5. The number of hydrogen-bond donors (Lipinski definition) is 1. The lowest BCUT2D eigenvalue weighted by Crippen LogP contribution is -2.49. The van der Waals surface area contributed by atoms with Crippen molar-refractivity contribution in [2.45, 2.75) is 37.9 Å². The fourth-order valence-corrected chi connectivity index (χ4v) is 5.53. The number of esters is 1. The summed E-state index contributed by atoms with van der Waals surface area (Å²) in [5.41, 5.74) is 1.97.